The summed E-state index contributed by atoms with van der Waals surface area (Å²) in [5.74, 6) is 0.769. The summed E-state index contributed by atoms with van der Waals surface area (Å²) in [6, 6.07) is 15.4. The minimum absolute atomic E-state index is 0.0422. The van der Waals surface area contributed by atoms with E-state index in [0.717, 1.165) is 11.4 Å². The number of nitrogens with one attached hydrogen (secondary N) is 1. The average molecular weight is 214 g/mol. The SMILES string of the molecule is OCC(Nc1ccccn1)c1ccccc1. The second-order valence-corrected chi connectivity index (χ2v) is 3.51. The molecule has 82 valence electrons. The van der Waals surface area contributed by atoms with Crippen molar-refractivity contribution < 1.29 is 5.11 Å². The summed E-state index contributed by atoms with van der Waals surface area (Å²) in [5, 5.41) is 12.5. The van der Waals surface area contributed by atoms with Crippen LogP contribution in [0.1, 0.15) is 11.6 Å². The summed E-state index contributed by atoms with van der Waals surface area (Å²) in [7, 11) is 0. The van der Waals surface area contributed by atoms with E-state index in [2.05, 4.69) is 10.3 Å². The van der Waals surface area contributed by atoms with Gasteiger partial charge in [0.25, 0.3) is 0 Å². The molecule has 0 saturated heterocycles. The summed E-state index contributed by atoms with van der Waals surface area (Å²) in [5.41, 5.74) is 1.05. The number of benzene rings is 1. The van der Waals surface area contributed by atoms with Crippen molar-refractivity contribution in [2.45, 2.75) is 6.04 Å². The van der Waals surface area contributed by atoms with Gasteiger partial charge in [0.05, 0.1) is 12.6 Å². The molecule has 0 spiro atoms. The van der Waals surface area contributed by atoms with E-state index in [0.29, 0.717) is 0 Å². The zero-order valence-electron chi connectivity index (χ0n) is 8.88. The molecule has 0 radical (unpaired) electrons. The number of aliphatic hydroxyl groups is 1. The number of pyridine rings is 1. The number of aliphatic hydroxyl groups excluding tert-OH is 1. The minimum Gasteiger partial charge on any atom is -0.394 e. The average Bonchev–Trinajstić information content (AvgIpc) is 2.38. The lowest BCUT2D eigenvalue weighted by Gasteiger charge is -2.16. The van der Waals surface area contributed by atoms with Crippen LogP contribution in [0.15, 0.2) is 54.7 Å². The number of hydrogen-bond donors (Lipinski definition) is 2. The van der Waals surface area contributed by atoms with Crippen LogP contribution in [-0.2, 0) is 0 Å². The van der Waals surface area contributed by atoms with Crippen LogP contribution in [0.2, 0.25) is 0 Å². The van der Waals surface area contributed by atoms with Gasteiger partial charge in [-0.3, -0.25) is 0 Å². The first-order valence-corrected chi connectivity index (χ1v) is 5.23. The van der Waals surface area contributed by atoms with Crippen molar-refractivity contribution in [2.75, 3.05) is 11.9 Å². The van der Waals surface area contributed by atoms with Crippen LogP contribution in [-0.4, -0.2) is 16.7 Å². The Morgan fingerprint density at radius 2 is 1.81 bits per heavy atom. The number of anilines is 1. The Labute approximate surface area is 94.8 Å². The van der Waals surface area contributed by atoms with Crippen LogP contribution in [0.4, 0.5) is 5.82 Å². The maximum absolute atomic E-state index is 9.35. The highest BCUT2D eigenvalue weighted by Gasteiger charge is 2.09. The van der Waals surface area contributed by atoms with Crippen LogP contribution in [0.3, 0.4) is 0 Å². The molecule has 2 aromatic rings. The third-order valence-corrected chi connectivity index (χ3v) is 2.37. The van der Waals surface area contributed by atoms with E-state index in [1.807, 2.05) is 48.5 Å². The molecule has 16 heavy (non-hydrogen) atoms. The predicted molar refractivity (Wildman–Crippen MR) is 64.1 cm³/mol. The highest BCUT2D eigenvalue weighted by molar-refractivity contribution is 5.37. The molecule has 3 nitrogen and oxygen atoms in total. The number of rotatable bonds is 4. The van der Waals surface area contributed by atoms with Crippen molar-refractivity contribution in [1.29, 1.82) is 0 Å². The van der Waals surface area contributed by atoms with Gasteiger partial charge >= 0.3 is 0 Å². The van der Waals surface area contributed by atoms with Crippen molar-refractivity contribution >= 4 is 5.82 Å². The van der Waals surface area contributed by atoms with E-state index >= 15 is 0 Å². The number of hydrogen-bond acceptors (Lipinski definition) is 3. The Bertz CT molecular complexity index is 416. The third-order valence-electron chi connectivity index (χ3n) is 2.37. The fourth-order valence-corrected chi connectivity index (χ4v) is 1.55. The number of aromatic nitrogens is 1. The predicted octanol–water partition coefficient (Wildman–Crippen LogP) is 2.23. The Balaban J connectivity index is 2.13. The van der Waals surface area contributed by atoms with Gasteiger partial charge < -0.3 is 10.4 Å². The van der Waals surface area contributed by atoms with Gasteiger partial charge in [0.1, 0.15) is 5.82 Å². The van der Waals surface area contributed by atoms with Crippen molar-refractivity contribution in [3.63, 3.8) is 0 Å². The van der Waals surface area contributed by atoms with Crippen LogP contribution < -0.4 is 5.32 Å². The smallest absolute Gasteiger partial charge is 0.126 e. The molecule has 1 aromatic carbocycles. The zero-order valence-corrected chi connectivity index (χ0v) is 8.88. The van der Waals surface area contributed by atoms with Crippen molar-refractivity contribution in [3.05, 3.63) is 60.3 Å². The summed E-state index contributed by atoms with van der Waals surface area (Å²) >= 11 is 0. The molecule has 0 fully saturated rings. The first-order valence-electron chi connectivity index (χ1n) is 5.23. The molecule has 2 N–H and O–H groups in total. The third kappa shape index (κ3) is 2.58. The lowest BCUT2D eigenvalue weighted by atomic mass is 10.1. The van der Waals surface area contributed by atoms with Crippen molar-refractivity contribution in [3.8, 4) is 0 Å². The van der Waals surface area contributed by atoms with Gasteiger partial charge in [-0.05, 0) is 17.7 Å². The van der Waals surface area contributed by atoms with E-state index in [1.165, 1.54) is 0 Å². The van der Waals surface area contributed by atoms with Gasteiger partial charge in [-0.15, -0.1) is 0 Å². The van der Waals surface area contributed by atoms with Gasteiger partial charge in [0.2, 0.25) is 0 Å². The Morgan fingerprint density at radius 1 is 1.06 bits per heavy atom. The van der Waals surface area contributed by atoms with E-state index < -0.39 is 0 Å². The molecule has 0 bridgehead atoms. The Kier molecular flexibility index (Phi) is 3.51. The largest absolute Gasteiger partial charge is 0.394 e. The van der Waals surface area contributed by atoms with Crippen LogP contribution in [0, 0.1) is 0 Å². The molecule has 1 unspecified atom stereocenters. The quantitative estimate of drug-likeness (QED) is 0.820. The van der Waals surface area contributed by atoms with Gasteiger partial charge in [-0.1, -0.05) is 36.4 Å². The van der Waals surface area contributed by atoms with Crippen LogP contribution in [0.5, 0.6) is 0 Å². The molecule has 0 aliphatic rings. The van der Waals surface area contributed by atoms with E-state index in [-0.39, 0.29) is 12.6 Å². The standard InChI is InChI=1S/C13H14N2O/c16-10-12(11-6-2-1-3-7-11)15-13-8-4-5-9-14-13/h1-9,12,16H,10H2,(H,14,15). The molecule has 1 aromatic heterocycles. The van der Waals surface area contributed by atoms with Crippen LogP contribution >= 0.6 is 0 Å². The molecular formula is C13H14N2O. The van der Waals surface area contributed by atoms with Gasteiger partial charge in [-0.25, -0.2) is 4.98 Å². The molecule has 0 aliphatic heterocycles. The summed E-state index contributed by atoms with van der Waals surface area (Å²) in [4.78, 5) is 4.17. The monoisotopic (exact) mass is 214 g/mol. The molecule has 2 rings (SSSR count). The van der Waals surface area contributed by atoms with Crippen molar-refractivity contribution in [2.24, 2.45) is 0 Å². The Morgan fingerprint density at radius 3 is 2.44 bits per heavy atom. The number of nitrogens with zero attached hydrogens (tertiary/aromatic N) is 1. The van der Waals surface area contributed by atoms with Gasteiger partial charge in [0.15, 0.2) is 0 Å². The molecule has 1 heterocycles. The van der Waals surface area contributed by atoms with Crippen molar-refractivity contribution in [1.82, 2.24) is 4.98 Å². The molecular weight excluding hydrogens is 200 g/mol. The topological polar surface area (TPSA) is 45.1 Å². The summed E-state index contributed by atoms with van der Waals surface area (Å²) in [6.45, 7) is 0.0422. The maximum Gasteiger partial charge on any atom is 0.126 e. The first-order chi connectivity index (χ1) is 7.90. The van der Waals surface area contributed by atoms with Crippen LogP contribution in [0.25, 0.3) is 0 Å². The lowest BCUT2D eigenvalue weighted by molar-refractivity contribution is 0.276. The molecule has 0 aliphatic carbocycles. The fourth-order valence-electron chi connectivity index (χ4n) is 1.55. The van der Waals surface area contributed by atoms with E-state index in [9.17, 15) is 5.11 Å². The molecule has 0 amide bonds. The second kappa shape index (κ2) is 5.28. The molecule has 3 heteroatoms. The summed E-state index contributed by atoms with van der Waals surface area (Å²) in [6.07, 6.45) is 1.72. The zero-order chi connectivity index (χ0) is 11.2. The highest BCUT2D eigenvalue weighted by Crippen LogP contribution is 2.16. The maximum atomic E-state index is 9.35. The normalized spacial score (nSPS) is 12.1. The highest BCUT2D eigenvalue weighted by atomic mass is 16.3. The van der Waals surface area contributed by atoms with E-state index in [4.69, 9.17) is 0 Å². The van der Waals surface area contributed by atoms with Gasteiger partial charge in [-0.2, -0.15) is 0 Å². The minimum atomic E-state index is -0.115. The van der Waals surface area contributed by atoms with E-state index in [1.54, 1.807) is 6.20 Å². The molecule has 1 atom stereocenters. The Hall–Kier alpha value is -1.87. The lowest BCUT2D eigenvalue weighted by Crippen LogP contribution is -2.15. The summed E-state index contributed by atoms with van der Waals surface area (Å²) < 4.78 is 0. The second-order valence-electron chi connectivity index (χ2n) is 3.51. The molecule has 0 saturated carbocycles. The first kappa shape index (κ1) is 10.6. The van der Waals surface area contributed by atoms with Gasteiger partial charge in [0, 0.05) is 6.20 Å². The fraction of sp³-hybridized carbons (Fsp3) is 0.154.